The van der Waals surface area contributed by atoms with Crippen molar-refractivity contribution in [2.45, 2.75) is 105 Å². The first-order valence-corrected chi connectivity index (χ1v) is 9.52. The van der Waals surface area contributed by atoms with Gasteiger partial charge in [-0.05, 0) is 29.6 Å². The van der Waals surface area contributed by atoms with Crippen LogP contribution in [0.25, 0.3) is 0 Å². The molecule has 0 bridgehead atoms. The highest BCUT2D eigenvalue weighted by molar-refractivity contribution is 5.02. The van der Waals surface area contributed by atoms with Crippen LogP contribution in [0.15, 0.2) is 0 Å². The Kier molecular flexibility index (Phi) is 8.22. The van der Waals surface area contributed by atoms with E-state index in [1.807, 2.05) is 0 Å². The molecular weight excluding hydrogens is 240 g/mol. The molecule has 1 aliphatic carbocycles. The van der Waals surface area contributed by atoms with Gasteiger partial charge in [0.2, 0.25) is 0 Å². The van der Waals surface area contributed by atoms with E-state index >= 15 is 0 Å². The van der Waals surface area contributed by atoms with E-state index in [0.29, 0.717) is 5.41 Å². The summed E-state index contributed by atoms with van der Waals surface area (Å²) >= 11 is 0. The highest BCUT2D eigenvalue weighted by Crippen LogP contribution is 2.61. The Balaban J connectivity index is 1.92. The lowest BCUT2D eigenvalue weighted by molar-refractivity contribution is 0.299. The molecule has 120 valence electrons. The molecule has 0 nitrogen and oxygen atoms in total. The van der Waals surface area contributed by atoms with E-state index in [2.05, 4.69) is 34.6 Å². The van der Waals surface area contributed by atoms with Crippen LogP contribution < -0.4 is 0 Å². The third-order valence-corrected chi connectivity index (χ3v) is 6.12. The van der Waals surface area contributed by atoms with E-state index in [-0.39, 0.29) is 0 Å². The third-order valence-electron chi connectivity index (χ3n) is 6.12. The lowest BCUT2D eigenvalue weighted by atomic mass is 9.86. The zero-order valence-electron chi connectivity index (χ0n) is 15.0. The largest absolute Gasteiger partial charge is 0.0654 e. The topological polar surface area (TPSA) is 0 Å². The first-order chi connectivity index (χ1) is 9.52. The van der Waals surface area contributed by atoms with E-state index < -0.39 is 0 Å². The molecule has 1 fully saturated rings. The van der Waals surface area contributed by atoms with Crippen LogP contribution in [0.3, 0.4) is 0 Å². The summed E-state index contributed by atoms with van der Waals surface area (Å²) in [5.41, 5.74) is 0.679. The van der Waals surface area contributed by atoms with Gasteiger partial charge in [-0.1, -0.05) is 98.8 Å². The molecule has 0 radical (unpaired) electrons. The van der Waals surface area contributed by atoms with Gasteiger partial charge in [0.05, 0.1) is 0 Å². The van der Waals surface area contributed by atoms with Crippen molar-refractivity contribution in [3.05, 3.63) is 0 Å². The molecule has 0 N–H and O–H groups in total. The van der Waals surface area contributed by atoms with Gasteiger partial charge in [-0.2, -0.15) is 0 Å². The van der Waals surface area contributed by atoms with Crippen molar-refractivity contribution in [3.63, 3.8) is 0 Å². The molecule has 1 aliphatic rings. The summed E-state index contributed by atoms with van der Waals surface area (Å²) in [5, 5.41) is 0. The van der Waals surface area contributed by atoms with Crippen molar-refractivity contribution in [1.82, 2.24) is 0 Å². The van der Waals surface area contributed by atoms with Crippen molar-refractivity contribution in [1.29, 1.82) is 0 Å². The maximum absolute atomic E-state index is 2.51. The van der Waals surface area contributed by atoms with E-state index in [0.717, 1.165) is 17.8 Å². The molecule has 0 spiro atoms. The summed E-state index contributed by atoms with van der Waals surface area (Å²) in [6, 6.07) is 0. The fraction of sp³-hybridized carbons (Fsp3) is 1.00. The molecule has 0 heteroatoms. The zero-order chi connectivity index (χ0) is 15.0. The highest BCUT2D eigenvalue weighted by Gasteiger charge is 2.53. The second kappa shape index (κ2) is 9.11. The molecule has 0 aromatic rings. The molecule has 3 unspecified atom stereocenters. The van der Waals surface area contributed by atoms with Crippen LogP contribution in [-0.4, -0.2) is 0 Å². The van der Waals surface area contributed by atoms with Gasteiger partial charge in [0, 0.05) is 0 Å². The van der Waals surface area contributed by atoms with E-state index in [9.17, 15) is 0 Å². The standard InChI is InChI=1S/C20H40/c1-6-7-8-9-10-11-12-13-14-15-18(4)19-16-20(19,5)17(2)3/h17-19H,6-16H2,1-5H3. The van der Waals surface area contributed by atoms with Gasteiger partial charge in [0.1, 0.15) is 0 Å². The predicted octanol–water partition coefficient (Wildman–Crippen LogP) is 7.23. The van der Waals surface area contributed by atoms with Gasteiger partial charge in [-0.15, -0.1) is 0 Å². The lowest BCUT2D eigenvalue weighted by Gasteiger charge is -2.19. The second-order valence-corrected chi connectivity index (χ2v) is 8.07. The summed E-state index contributed by atoms with van der Waals surface area (Å²) in [6.45, 7) is 12.1. The fourth-order valence-electron chi connectivity index (χ4n) is 3.91. The predicted molar refractivity (Wildman–Crippen MR) is 92.1 cm³/mol. The highest BCUT2D eigenvalue weighted by atomic mass is 14.6. The van der Waals surface area contributed by atoms with Crippen LogP contribution >= 0.6 is 0 Å². The number of hydrogen-bond donors (Lipinski definition) is 0. The molecule has 1 rings (SSSR count). The van der Waals surface area contributed by atoms with Crippen molar-refractivity contribution in [2.24, 2.45) is 23.2 Å². The molecule has 0 heterocycles. The number of rotatable bonds is 12. The van der Waals surface area contributed by atoms with Gasteiger partial charge in [0.25, 0.3) is 0 Å². The molecule has 1 saturated carbocycles. The average molecular weight is 281 g/mol. The lowest BCUT2D eigenvalue weighted by Crippen LogP contribution is -2.12. The molecule has 0 aliphatic heterocycles. The Morgan fingerprint density at radius 1 is 0.850 bits per heavy atom. The normalized spacial score (nSPS) is 27.0. The molecule has 0 aromatic heterocycles. The number of hydrogen-bond acceptors (Lipinski definition) is 0. The van der Waals surface area contributed by atoms with E-state index in [1.165, 1.54) is 70.6 Å². The van der Waals surface area contributed by atoms with Crippen LogP contribution in [0, 0.1) is 23.2 Å². The first kappa shape index (κ1) is 18.1. The molecule has 0 saturated heterocycles. The SMILES string of the molecule is CCCCCCCCCCCC(C)C1CC1(C)C(C)C. The molecule has 0 aromatic carbocycles. The van der Waals surface area contributed by atoms with Gasteiger partial charge >= 0.3 is 0 Å². The smallest absolute Gasteiger partial charge is 0.0269 e. The van der Waals surface area contributed by atoms with Gasteiger partial charge < -0.3 is 0 Å². The van der Waals surface area contributed by atoms with E-state index in [4.69, 9.17) is 0 Å². The average Bonchev–Trinajstić information content (AvgIpc) is 3.11. The second-order valence-electron chi connectivity index (χ2n) is 8.07. The Morgan fingerprint density at radius 3 is 1.80 bits per heavy atom. The van der Waals surface area contributed by atoms with Crippen LogP contribution in [0.4, 0.5) is 0 Å². The van der Waals surface area contributed by atoms with Gasteiger partial charge in [-0.3, -0.25) is 0 Å². The summed E-state index contributed by atoms with van der Waals surface area (Å²) in [5.74, 6) is 2.86. The van der Waals surface area contributed by atoms with Crippen molar-refractivity contribution in [2.75, 3.05) is 0 Å². The van der Waals surface area contributed by atoms with Crippen LogP contribution in [0.1, 0.15) is 105 Å². The monoisotopic (exact) mass is 280 g/mol. The zero-order valence-corrected chi connectivity index (χ0v) is 15.0. The maximum Gasteiger partial charge on any atom is -0.0269 e. The van der Waals surface area contributed by atoms with Crippen molar-refractivity contribution < 1.29 is 0 Å². The maximum atomic E-state index is 2.51. The molecule has 20 heavy (non-hydrogen) atoms. The first-order valence-electron chi connectivity index (χ1n) is 9.52. The van der Waals surface area contributed by atoms with Crippen molar-refractivity contribution in [3.8, 4) is 0 Å². The van der Waals surface area contributed by atoms with Crippen LogP contribution in [0.5, 0.6) is 0 Å². The minimum Gasteiger partial charge on any atom is -0.0654 e. The minimum absolute atomic E-state index is 0.679. The summed E-state index contributed by atoms with van der Waals surface area (Å²) in [7, 11) is 0. The quantitative estimate of drug-likeness (QED) is 0.331. The molecule has 0 amide bonds. The Labute approximate surface area is 129 Å². The van der Waals surface area contributed by atoms with Crippen LogP contribution in [-0.2, 0) is 0 Å². The number of unbranched alkanes of at least 4 members (excludes halogenated alkanes) is 8. The summed E-state index contributed by atoms with van der Waals surface area (Å²) in [6.07, 6.45) is 16.1. The minimum atomic E-state index is 0.679. The van der Waals surface area contributed by atoms with Gasteiger partial charge in [0.15, 0.2) is 0 Å². The third kappa shape index (κ3) is 5.78. The Hall–Kier alpha value is 0. The van der Waals surface area contributed by atoms with Gasteiger partial charge in [-0.25, -0.2) is 0 Å². The Morgan fingerprint density at radius 2 is 1.35 bits per heavy atom. The van der Waals surface area contributed by atoms with E-state index in [1.54, 1.807) is 0 Å². The molecule has 3 atom stereocenters. The summed E-state index contributed by atoms with van der Waals surface area (Å²) in [4.78, 5) is 0. The summed E-state index contributed by atoms with van der Waals surface area (Å²) < 4.78 is 0. The fourth-order valence-corrected chi connectivity index (χ4v) is 3.91. The van der Waals surface area contributed by atoms with Crippen molar-refractivity contribution >= 4 is 0 Å². The van der Waals surface area contributed by atoms with Crippen LogP contribution in [0.2, 0.25) is 0 Å². The Bertz CT molecular complexity index is 242. The molecular formula is C20H40.